The molecule has 1 amide bonds. The molecule has 8 nitrogen and oxygen atoms in total. The van der Waals surface area contributed by atoms with Crippen LogP contribution in [0.2, 0.25) is 0 Å². The first kappa shape index (κ1) is 18.3. The minimum Gasteiger partial charge on any atom is -0.370 e. The maximum atomic E-state index is 11.8. The highest BCUT2D eigenvalue weighted by molar-refractivity contribution is 5.93. The number of rotatable bonds is 5. The third kappa shape index (κ3) is 3.07. The van der Waals surface area contributed by atoms with Crippen LogP contribution in [-0.4, -0.2) is 25.5 Å². The zero-order valence-corrected chi connectivity index (χ0v) is 16.4. The summed E-state index contributed by atoms with van der Waals surface area (Å²) < 4.78 is 7.18. The van der Waals surface area contributed by atoms with E-state index in [0.29, 0.717) is 31.3 Å². The van der Waals surface area contributed by atoms with Crippen LogP contribution < -0.4 is 11.1 Å². The van der Waals surface area contributed by atoms with E-state index in [-0.39, 0.29) is 0 Å². The fraction of sp³-hybridized carbons (Fsp3) is 0.182. The molecule has 0 aliphatic carbocycles. The molecule has 3 N–H and O–H groups in total. The molecular formula is C22H20N6O2. The summed E-state index contributed by atoms with van der Waals surface area (Å²) >= 11 is 0. The van der Waals surface area contributed by atoms with Crippen LogP contribution in [0.15, 0.2) is 48.5 Å². The van der Waals surface area contributed by atoms with E-state index in [0.717, 1.165) is 39.4 Å². The number of nitrogens with two attached hydrogens (primary N) is 1. The molecule has 0 saturated carbocycles. The number of amides is 1. The van der Waals surface area contributed by atoms with Gasteiger partial charge in [-0.15, -0.1) is 0 Å². The average molecular weight is 400 g/mol. The number of pyridine rings is 1. The number of primary amides is 1. The van der Waals surface area contributed by atoms with Gasteiger partial charge in [-0.1, -0.05) is 36.4 Å². The van der Waals surface area contributed by atoms with E-state index >= 15 is 0 Å². The molecule has 0 fully saturated rings. The van der Waals surface area contributed by atoms with Gasteiger partial charge in [-0.25, -0.2) is 14.5 Å². The van der Waals surface area contributed by atoms with E-state index < -0.39 is 5.91 Å². The van der Waals surface area contributed by atoms with E-state index in [1.807, 2.05) is 31.2 Å². The number of aryl methyl sites for hydroxylation is 1. The van der Waals surface area contributed by atoms with Crippen LogP contribution in [0, 0.1) is 6.92 Å². The van der Waals surface area contributed by atoms with E-state index in [1.54, 1.807) is 16.6 Å². The Bertz CT molecular complexity index is 1270. The molecule has 0 spiro atoms. The summed E-state index contributed by atoms with van der Waals surface area (Å²) in [4.78, 5) is 21.4. The lowest BCUT2D eigenvalue weighted by Gasteiger charge is -2.11. The van der Waals surface area contributed by atoms with Gasteiger partial charge in [0.25, 0.3) is 5.91 Å². The Labute approximate surface area is 172 Å². The number of hydrogen-bond acceptors (Lipinski definition) is 6. The van der Waals surface area contributed by atoms with Gasteiger partial charge in [0.15, 0.2) is 5.82 Å². The Kier molecular flexibility index (Phi) is 4.40. The first-order chi connectivity index (χ1) is 14.6. The first-order valence-corrected chi connectivity index (χ1v) is 9.65. The Hall–Kier alpha value is -3.78. The van der Waals surface area contributed by atoms with E-state index in [4.69, 9.17) is 20.4 Å². The summed E-state index contributed by atoms with van der Waals surface area (Å²) in [5.41, 5.74) is 11.0. The predicted octanol–water partition coefficient (Wildman–Crippen LogP) is 2.84. The number of ether oxygens (including phenoxy) is 1. The van der Waals surface area contributed by atoms with Gasteiger partial charge < -0.3 is 15.8 Å². The van der Waals surface area contributed by atoms with E-state index in [1.165, 1.54) is 0 Å². The van der Waals surface area contributed by atoms with Gasteiger partial charge in [-0.05, 0) is 24.6 Å². The lowest BCUT2D eigenvalue weighted by atomic mass is 10.1. The van der Waals surface area contributed by atoms with Crippen molar-refractivity contribution < 1.29 is 9.53 Å². The average Bonchev–Trinajstić information content (AvgIpc) is 3.35. The summed E-state index contributed by atoms with van der Waals surface area (Å²) in [5.74, 6) is 0.758. The molecule has 4 heterocycles. The zero-order valence-electron chi connectivity index (χ0n) is 16.4. The van der Waals surface area contributed by atoms with Crippen LogP contribution >= 0.6 is 0 Å². The second kappa shape index (κ2) is 7.23. The number of aromatic nitrogens is 4. The van der Waals surface area contributed by atoms with Gasteiger partial charge in [0.05, 0.1) is 35.7 Å². The highest BCUT2D eigenvalue weighted by atomic mass is 16.5. The van der Waals surface area contributed by atoms with Crippen LogP contribution in [0.5, 0.6) is 0 Å². The fourth-order valence-corrected chi connectivity index (χ4v) is 3.74. The standard InChI is InChI=1S/C22H20N6O2/c1-13-19(17-8-5-9-18(20(23)29)28(17)27-13)22-25-16-12-30-11-15(16)21(26-22)24-10-14-6-3-2-4-7-14/h2-9H,10-12H2,1H3,(H2,23,29)(H,24,25,26). The van der Waals surface area contributed by atoms with Gasteiger partial charge in [-0.3, -0.25) is 4.79 Å². The molecule has 5 rings (SSSR count). The van der Waals surface area contributed by atoms with Crippen molar-refractivity contribution >= 4 is 17.2 Å². The number of anilines is 1. The van der Waals surface area contributed by atoms with Crippen LogP contribution in [-0.2, 0) is 24.5 Å². The molecule has 0 atom stereocenters. The van der Waals surface area contributed by atoms with Crippen molar-refractivity contribution in [3.05, 3.63) is 76.7 Å². The molecule has 0 bridgehead atoms. The SMILES string of the molecule is Cc1nn2c(C(N)=O)cccc2c1-c1nc2c(c(NCc3ccccc3)n1)COC2. The quantitative estimate of drug-likeness (QED) is 0.533. The van der Waals surface area contributed by atoms with Gasteiger partial charge in [0.2, 0.25) is 0 Å². The third-order valence-corrected chi connectivity index (χ3v) is 5.19. The lowest BCUT2D eigenvalue weighted by molar-refractivity contribution is 0.0993. The second-order valence-corrected chi connectivity index (χ2v) is 7.19. The molecule has 0 radical (unpaired) electrons. The van der Waals surface area contributed by atoms with Crippen molar-refractivity contribution in [1.29, 1.82) is 0 Å². The van der Waals surface area contributed by atoms with Crippen LogP contribution in [0.1, 0.15) is 33.0 Å². The summed E-state index contributed by atoms with van der Waals surface area (Å²) in [6.07, 6.45) is 0. The van der Waals surface area contributed by atoms with Crippen molar-refractivity contribution in [3.8, 4) is 11.4 Å². The first-order valence-electron chi connectivity index (χ1n) is 9.65. The topological polar surface area (TPSA) is 107 Å². The molecule has 150 valence electrons. The highest BCUT2D eigenvalue weighted by Gasteiger charge is 2.24. The van der Waals surface area contributed by atoms with Crippen LogP contribution in [0.25, 0.3) is 16.9 Å². The molecular weight excluding hydrogens is 380 g/mol. The van der Waals surface area contributed by atoms with Gasteiger partial charge in [0, 0.05) is 12.1 Å². The largest absolute Gasteiger partial charge is 0.370 e. The summed E-state index contributed by atoms with van der Waals surface area (Å²) in [6, 6.07) is 15.4. The molecule has 3 aromatic heterocycles. The molecule has 1 aliphatic heterocycles. The Morgan fingerprint density at radius 1 is 1.13 bits per heavy atom. The smallest absolute Gasteiger partial charge is 0.267 e. The lowest BCUT2D eigenvalue weighted by Crippen LogP contribution is -2.15. The number of fused-ring (bicyclic) bond motifs is 2. The Morgan fingerprint density at radius 2 is 1.97 bits per heavy atom. The summed E-state index contributed by atoms with van der Waals surface area (Å²) in [7, 11) is 0. The molecule has 8 heteroatoms. The molecule has 1 aliphatic rings. The van der Waals surface area contributed by atoms with Crippen molar-refractivity contribution in [3.63, 3.8) is 0 Å². The van der Waals surface area contributed by atoms with Crippen molar-refractivity contribution in [2.24, 2.45) is 5.73 Å². The number of carbonyl (C=O) groups excluding carboxylic acids is 1. The summed E-state index contributed by atoms with van der Waals surface area (Å²) in [6.45, 7) is 3.43. The molecule has 1 aromatic carbocycles. The maximum absolute atomic E-state index is 11.8. The van der Waals surface area contributed by atoms with Crippen LogP contribution in [0.4, 0.5) is 5.82 Å². The number of benzene rings is 1. The minimum absolute atomic E-state index is 0.314. The third-order valence-electron chi connectivity index (χ3n) is 5.19. The minimum atomic E-state index is -0.539. The fourth-order valence-electron chi connectivity index (χ4n) is 3.74. The Balaban J connectivity index is 1.61. The van der Waals surface area contributed by atoms with Crippen molar-refractivity contribution in [2.75, 3.05) is 5.32 Å². The molecule has 4 aromatic rings. The highest BCUT2D eigenvalue weighted by Crippen LogP contribution is 2.32. The van der Waals surface area contributed by atoms with Gasteiger partial charge in [-0.2, -0.15) is 5.10 Å². The van der Waals surface area contributed by atoms with E-state index in [9.17, 15) is 4.79 Å². The monoisotopic (exact) mass is 400 g/mol. The van der Waals surface area contributed by atoms with Gasteiger partial charge in [0.1, 0.15) is 11.5 Å². The Morgan fingerprint density at radius 3 is 2.77 bits per heavy atom. The number of nitrogens with one attached hydrogen (secondary N) is 1. The predicted molar refractivity (Wildman–Crippen MR) is 112 cm³/mol. The zero-order chi connectivity index (χ0) is 20.7. The normalized spacial score (nSPS) is 12.8. The molecule has 30 heavy (non-hydrogen) atoms. The molecule has 0 unspecified atom stereocenters. The van der Waals surface area contributed by atoms with E-state index in [2.05, 4.69) is 22.5 Å². The summed E-state index contributed by atoms with van der Waals surface area (Å²) in [5, 5.41) is 7.94. The number of hydrogen-bond donors (Lipinski definition) is 2. The molecule has 0 saturated heterocycles. The number of nitrogens with zero attached hydrogens (tertiary/aromatic N) is 4. The maximum Gasteiger partial charge on any atom is 0.267 e. The van der Waals surface area contributed by atoms with Gasteiger partial charge >= 0.3 is 0 Å². The van der Waals surface area contributed by atoms with Crippen LogP contribution in [0.3, 0.4) is 0 Å². The van der Waals surface area contributed by atoms with Crippen molar-refractivity contribution in [2.45, 2.75) is 26.7 Å². The number of carbonyl (C=O) groups is 1. The van der Waals surface area contributed by atoms with Crippen molar-refractivity contribution in [1.82, 2.24) is 19.6 Å². The second-order valence-electron chi connectivity index (χ2n) is 7.19.